The Balaban J connectivity index is 1.44. The number of hydrogen-bond acceptors (Lipinski definition) is 6. The minimum Gasteiger partial charge on any atom is -0.478 e. The van der Waals surface area contributed by atoms with E-state index in [0.29, 0.717) is 73.4 Å². The van der Waals surface area contributed by atoms with E-state index in [9.17, 15) is 46.1 Å². The number of aromatic carboxylic acids is 2. The van der Waals surface area contributed by atoms with Gasteiger partial charge < -0.3 is 24.6 Å². The van der Waals surface area contributed by atoms with Crippen molar-refractivity contribution < 1.29 is 55.6 Å². The zero-order valence-electron chi connectivity index (χ0n) is 24.9. The van der Waals surface area contributed by atoms with E-state index < -0.39 is 46.5 Å². The van der Waals surface area contributed by atoms with Crippen LogP contribution in [0.2, 0.25) is 0 Å². The number of ether oxygens (including phenoxy) is 2. The fourth-order valence-corrected chi connectivity index (χ4v) is 5.83. The van der Waals surface area contributed by atoms with Crippen molar-refractivity contribution in [2.24, 2.45) is 0 Å². The van der Waals surface area contributed by atoms with Crippen LogP contribution in [0, 0.1) is 0 Å². The molecule has 48 heavy (non-hydrogen) atoms. The van der Waals surface area contributed by atoms with Crippen molar-refractivity contribution in [3.63, 3.8) is 0 Å². The second-order valence-electron chi connectivity index (χ2n) is 11.2. The highest BCUT2D eigenvalue weighted by atomic mass is 19.4. The van der Waals surface area contributed by atoms with Crippen LogP contribution in [0.25, 0.3) is 22.3 Å². The molecule has 0 spiro atoms. The third-order valence-electron chi connectivity index (χ3n) is 8.24. The molecular formula is C34H26F6N2O6. The molecule has 2 heterocycles. The summed E-state index contributed by atoms with van der Waals surface area (Å²) in [6, 6.07) is 15.4. The van der Waals surface area contributed by atoms with E-state index in [1.165, 1.54) is 12.1 Å². The summed E-state index contributed by atoms with van der Waals surface area (Å²) >= 11 is 0. The summed E-state index contributed by atoms with van der Waals surface area (Å²) in [5.41, 5.74) is -2.51. The predicted molar refractivity (Wildman–Crippen MR) is 162 cm³/mol. The number of morpholine rings is 1. The number of hydrogen-bond donors (Lipinski definition) is 2. The largest absolute Gasteiger partial charge is 0.478 e. The minimum absolute atomic E-state index is 0.112. The van der Waals surface area contributed by atoms with Crippen LogP contribution in [0.4, 0.5) is 37.7 Å². The van der Waals surface area contributed by atoms with Crippen molar-refractivity contribution in [3.8, 4) is 33.8 Å². The van der Waals surface area contributed by atoms with Gasteiger partial charge in [-0.25, -0.2) is 9.59 Å². The highest BCUT2D eigenvalue weighted by molar-refractivity contribution is 5.92. The molecule has 2 aliphatic heterocycles. The molecule has 2 N–H and O–H groups in total. The van der Waals surface area contributed by atoms with Crippen LogP contribution in [0.5, 0.6) is 11.5 Å². The molecule has 0 saturated carbocycles. The zero-order chi connectivity index (χ0) is 34.4. The van der Waals surface area contributed by atoms with Crippen LogP contribution in [0.1, 0.15) is 31.8 Å². The molecule has 0 aliphatic carbocycles. The maximum absolute atomic E-state index is 13.8. The Labute approximate surface area is 269 Å². The lowest BCUT2D eigenvalue weighted by molar-refractivity contribution is -0.138. The Morgan fingerprint density at radius 2 is 1.04 bits per heavy atom. The molecule has 4 aromatic carbocycles. The van der Waals surface area contributed by atoms with E-state index in [4.69, 9.17) is 9.47 Å². The number of fused-ring (bicyclic) bond motifs is 2. The number of benzene rings is 4. The van der Waals surface area contributed by atoms with Gasteiger partial charge in [-0.1, -0.05) is 24.3 Å². The molecule has 0 bridgehead atoms. The lowest BCUT2D eigenvalue weighted by Gasteiger charge is -2.36. The van der Waals surface area contributed by atoms with Crippen LogP contribution in [0.15, 0.2) is 72.8 Å². The van der Waals surface area contributed by atoms with Gasteiger partial charge in [0, 0.05) is 26.2 Å². The van der Waals surface area contributed by atoms with Crippen molar-refractivity contribution in [2.75, 3.05) is 44.3 Å². The number of halogens is 6. The standard InChI is InChI=1S/C34H26F6N2O6/c35-33(36,37)25-15-19(1-5-23(25)31(43)44)21-3-7-29-27(17-21)42(10-9-41-11-13-47-14-12-41)28-18-22(4-8-30(28)48-29)20-2-6-24(32(45)46)26(16-20)34(38,39)40/h1-8,15-18H,9-14H2,(H,43,44)(H,45,46). The Kier molecular flexibility index (Phi) is 8.56. The predicted octanol–water partition coefficient (Wildman–Crippen LogP) is 8.03. The fraction of sp³-hybridized carbons (Fsp3) is 0.235. The second kappa shape index (κ2) is 12.5. The van der Waals surface area contributed by atoms with Crippen molar-refractivity contribution in [1.29, 1.82) is 0 Å². The first-order valence-corrected chi connectivity index (χ1v) is 14.6. The Hall–Kier alpha value is -5.08. The van der Waals surface area contributed by atoms with E-state index in [2.05, 4.69) is 4.90 Å². The molecular weight excluding hydrogens is 646 g/mol. The minimum atomic E-state index is -4.92. The van der Waals surface area contributed by atoms with Crippen LogP contribution >= 0.6 is 0 Å². The lowest BCUT2D eigenvalue weighted by Crippen LogP contribution is -2.41. The molecule has 250 valence electrons. The number of anilines is 2. The van der Waals surface area contributed by atoms with Gasteiger partial charge in [0.05, 0.1) is 46.8 Å². The zero-order valence-corrected chi connectivity index (χ0v) is 24.9. The first kappa shape index (κ1) is 32.8. The van der Waals surface area contributed by atoms with E-state index in [-0.39, 0.29) is 11.1 Å². The maximum Gasteiger partial charge on any atom is 0.417 e. The Morgan fingerprint density at radius 3 is 1.46 bits per heavy atom. The Bertz CT molecular complexity index is 1780. The maximum atomic E-state index is 13.8. The van der Waals surface area contributed by atoms with Gasteiger partial charge in [-0.05, 0) is 70.8 Å². The van der Waals surface area contributed by atoms with Gasteiger partial charge in [0.15, 0.2) is 11.5 Å². The van der Waals surface area contributed by atoms with Crippen LogP contribution in [-0.2, 0) is 17.1 Å². The Morgan fingerprint density at radius 1 is 0.625 bits per heavy atom. The molecule has 0 atom stereocenters. The van der Waals surface area contributed by atoms with Crippen LogP contribution < -0.4 is 9.64 Å². The molecule has 6 rings (SSSR count). The van der Waals surface area contributed by atoms with Crippen LogP contribution in [-0.4, -0.2) is 66.4 Å². The van der Waals surface area contributed by atoms with Gasteiger partial charge in [-0.3, -0.25) is 4.90 Å². The molecule has 8 nitrogen and oxygen atoms in total. The number of nitrogens with zero attached hydrogens (tertiary/aromatic N) is 2. The molecule has 1 fully saturated rings. The first-order valence-electron chi connectivity index (χ1n) is 14.6. The van der Waals surface area contributed by atoms with Crippen molar-refractivity contribution in [2.45, 2.75) is 12.4 Å². The molecule has 0 amide bonds. The summed E-state index contributed by atoms with van der Waals surface area (Å²) < 4.78 is 94.5. The normalized spacial score (nSPS) is 15.0. The molecule has 4 aromatic rings. The molecule has 1 saturated heterocycles. The fourth-order valence-electron chi connectivity index (χ4n) is 5.83. The molecule has 0 radical (unpaired) electrons. The van der Waals surface area contributed by atoms with Crippen molar-refractivity contribution in [1.82, 2.24) is 4.90 Å². The smallest absolute Gasteiger partial charge is 0.417 e. The number of carboxylic acids is 2. The first-order chi connectivity index (χ1) is 22.7. The van der Waals surface area contributed by atoms with Gasteiger partial charge in [0.1, 0.15) is 0 Å². The number of carboxylic acid groups (broad SMARTS) is 2. The monoisotopic (exact) mass is 672 g/mol. The third-order valence-corrected chi connectivity index (χ3v) is 8.24. The summed E-state index contributed by atoms with van der Waals surface area (Å²) in [6.07, 6.45) is -9.84. The van der Waals surface area contributed by atoms with Gasteiger partial charge in [0.2, 0.25) is 0 Å². The quantitative estimate of drug-likeness (QED) is 0.191. The average molecular weight is 673 g/mol. The van der Waals surface area contributed by atoms with Crippen LogP contribution in [0.3, 0.4) is 0 Å². The topological polar surface area (TPSA) is 99.5 Å². The van der Waals surface area contributed by atoms with E-state index >= 15 is 0 Å². The molecule has 0 aromatic heterocycles. The van der Waals surface area contributed by atoms with Crippen molar-refractivity contribution >= 4 is 23.3 Å². The van der Waals surface area contributed by atoms with E-state index in [0.717, 1.165) is 24.3 Å². The highest BCUT2D eigenvalue weighted by Crippen LogP contribution is 2.49. The average Bonchev–Trinajstić information content (AvgIpc) is 3.05. The summed E-state index contributed by atoms with van der Waals surface area (Å²) in [7, 11) is 0. The third kappa shape index (κ3) is 6.53. The number of carbonyl (C=O) groups is 2. The summed E-state index contributed by atoms with van der Waals surface area (Å²) in [4.78, 5) is 27.0. The number of alkyl halides is 6. The summed E-state index contributed by atoms with van der Waals surface area (Å²) in [5.74, 6) is -2.67. The van der Waals surface area contributed by atoms with Crippen molar-refractivity contribution in [3.05, 3.63) is 95.1 Å². The lowest BCUT2D eigenvalue weighted by atomic mass is 9.96. The SMILES string of the molecule is O=C(O)c1ccc(-c2ccc3c(c2)N(CCN2CCOCC2)c2cc(-c4ccc(C(=O)O)c(C(F)(F)F)c4)ccc2O3)cc1C(F)(F)F. The van der Waals surface area contributed by atoms with E-state index in [1.807, 2.05) is 4.90 Å². The summed E-state index contributed by atoms with van der Waals surface area (Å²) in [5, 5.41) is 18.6. The number of rotatable bonds is 7. The molecule has 0 unspecified atom stereocenters. The van der Waals surface area contributed by atoms with E-state index in [1.54, 1.807) is 36.4 Å². The second-order valence-corrected chi connectivity index (χ2v) is 11.2. The summed E-state index contributed by atoms with van der Waals surface area (Å²) in [6.45, 7) is 3.28. The van der Waals surface area contributed by atoms with Gasteiger partial charge >= 0.3 is 24.3 Å². The molecule has 2 aliphatic rings. The van der Waals surface area contributed by atoms with Gasteiger partial charge in [-0.2, -0.15) is 26.3 Å². The molecule has 14 heteroatoms. The van der Waals surface area contributed by atoms with Gasteiger partial charge in [-0.15, -0.1) is 0 Å². The highest BCUT2D eigenvalue weighted by Gasteiger charge is 2.37. The van der Waals surface area contributed by atoms with Gasteiger partial charge in [0.25, 0.3) is 0 Å².